The van der Waals surface area contributed by atoms with Crippen molar-refractivity contribution in [2.75, 3.05) is 24.2 Å². The van der Waals surface area contributed by atoms with Crippen LogP contribution in [0.1, 0.15) is 24.8 Å². The molecule has 0 saturated carbocycles. The molecule has 1 saturated heterocycles. The number of nitrogens with one attached hydrogen (secondary N) is 1. The maximum absolute atomic E-state index is 12.6. The third-order valence-corrected chi connectivity index (χ3v) is 6.81. The highest BCUT2D eigenvalue weighted by molar-refractivity contribution is 7.89. The van der Waals surface area contributed by atoms with Crippen LogP contribution in [0, 0.1) is 5.92 Å². The van der Waals surface area contributed by atoms with Crippen LogP contribution in [0.4, 0.5) is 5.69 Å². The zero-order valence-corrected chi connectivity index (χ0v) is 16.1. The van der Waals surface area contributed by atoms with Crippen LogP contribution < -0.4 is 5.32 Å². The second-order valence-electron chi connectivity index (χ2n) is 6.81. The lowest BCUT2D eigenvalue weighted by atomic mass is 9.97. The summed E-state index contributed by atoms with van der Waals surface area (Å²) in [5.74, 6) is -0.0841. The van der Waals surface area contributed by atoms with Gasteiger partial charge >= 0.3 is 0 Å². The molecule has 1 aromatic carbocycles. The van der Waals surface area contributed by atoms with Crippen molar-refractivity contribution >= 4 is 21.6 Å². The highest BCUT2D eigenvalue weighted by atomic mass is 32.2. The van der Waals surface area contributed by atoms with Gasteiger partial charge in [-0.1, -0.05) is 30.3 Å². The first-order chi connectivity index (χ1) is 13.0. The summed E-state index contributed by atoms with van der Waals surface area (Å²) in [7, 11) is -3.27. The second-order valence-corrected chi connectivity index (χ2v) is 8.90. The summed E-state index contributed by atoms with van der Waals surface area (Å²) in [4.78, 5) is 16.3. The predicted octanol–water partition coefficient (Wildman–Crippen LogP) is 2.69. The van der Waals surface area contributed by atoms with Crippen LogP contribution in [0.15, 0.2) is 54.9 Å². The molecule has 144 valence electrons. The topological polar surface area (TPSA) is 79.4 Å². The van der Waals surface area contributed by atoms with E-state index in [0.29, 0.717) is 38.0 Å². The molecule has 1 aliphatic heterocycles. The molecule has 0 radical (unpaired) electrons. The fourth-order valence-electron chi connectivity index (χ4n) is 3.31. The molecule has 0 unspecified atom stereocenters. The SMILES string of the molecule is O=C(Nc1cccnc1)C1CCN(S(=O)(=O)CCCc2ccccc2)CC1. The van der Waals surface area contributed by atoms with Crippen LogP contribution in [0.3, 0.4) is 0 Å². The molecule has 2 aromatic rings. The molecule has 1 aliphatic rings. The van der Waals surface area contributed by atoms with E-state index in [1.807, 2.05) is 30.3 Å². The molecule has 1 fully saturated rings. The van der Waals surface area contributed by atoms with Crippen LogP contribution in [-0.4, -0.2) is 42.5 Å². The van der Waals surface area contributed by atoms with Crippen LogP contribution in [0.2, 0.25) is 0 Å². The first-order valence-corrected chi connectivity index (χ1v) is 10.9. The average molecular weight is 388 g/mol. The quantitative estimate of drug-likeness (QED) is 0.792. The fourth-order valence-corrected chi connectivity index (χ4v) is 4.84. The standard InChI is InChI=1S/C20H25N3O3S/c24-20(22-19-9-4-12-21-16-19)18-10-13-23(14-11-18)27(25,26)15-5-8-17-6-2-1-3-7-17/h1-4,6-7,9,12,16,18H,5,8,10-11,13-15H2,(H,22,24). The number of carbonyl (C=O) groups excluding carboxylic acids is 1. The van der Waals surface area contributed by atoms with Gasteiger partial charge in [0.05, 0.1) is 17.6 Å². The lowest BCUT2D eigenvalue weighted by Gasteiger charge is -2.30. The third-order valence-electron chi connectivity index (χ3n) is 4.86. The van der Waals surface area contributed by atoms with Gasteiger partial charge in [-0.15, -0.1) is 0 Å². The Hall–Kier alpha value is -2.25. The van der Waals surface area contributed by atoms with E-state index in [-0.39, 0.29) is 17.6 Å². The van der Waals surface area contributed by atoms with E-state index in [1.54, 1.807) is 24.5 Å². The number of sulfonamides is 1. The Morgan fingerprint density at radius 2 is 1.85 bits per heavy atom. The number of nitrogens with zero attached hydrogens (tertiary/aromatic N) is 2. The first kappa shape index (κ1) is 19.5. The minimum absolute atomic E-state index is 0.0656. The summed E-state index contributed by atoms with van der Waals surface area (Å²) in [6, 6.07) is 13.5. The van der Waals surface area contributed by atoms with Gasteiger partial charge in [-0.2, -0.15) is 0 Å². The van der Waals surface area contributed by atoms with Crippen molar-refractivity contribution < 1.29 is 13.2 Å². The maximum atomic E-state index is 12.6. The smallest absolute Gasteiger partial charge is 0.227 e. The molecule has 7 heteroatoms. The average Bonchev–Trinajstić information content (AvgIpc) is 2.69. The molecule has 27 heavy (non-hydrogen) atoms. The maximum Gasteiger partial charge on any atom is 0.227 e. The van der Waals surface area contributed by atoms with E-state index in [4.69, 9.17) is 0 Å². The molecule has 6 nitrogen and oxygen atoms in total. The molecule has 1 aromatic heterocycles. The van der Waals surface area contributed by atoms with E-state index in [0.717, 1.165) is 12.0 Å². The Kier molecular flexibility index (Phi) is 6.58. The summed E-state index contributed by atoms with van der Waals surface area (Å²) < 4.78 is 26.7. The molecular weight excluding hydrogens is 362 g/mol. The van der Waals surface area contributed by atoms with Crippen LogP contribution in [0.25, 0.3) is 0 Å². The summed E-state index contributed by atoms with van der Waals surface area (Å²) in [6.45, 7) is 0.803. The van der Waals surface area contributed by atoms with Crippen molar-refractivity contribution in [2.24, 2.45) is 5.92 Å². The number of rotatable bonds is 7. The molecule has 3 rings (SSSR count). The largest absolute Gasteiger partial charge is 0.324 e. The summed E-state index contributed by atoms with van der Waals surface area (Å²) in [6.07, 6.45) is 5.70. The van der Waals surface area contributed by atoms with Gasteiger partial charge in [-0.05, 0) is 43.4 Å². The number of aromatic nitrogens is 1. The Bertz CT molecular complexity index is 833. The van der Waals surface area contributed by atoms with E-state index >= 15 is 0 Å². The van der Waals surface area contributed by atoms with Gasteiger partial charge in [0.15, 0.2) is 0 Å². The number of amides is 1. The minimum Gasteiger partial charge on any atom is -0.324 e. The monoisotopic (exact) mass is 387 g/mol. The van der Waals surface area contributed by atoms with Gasteiger partial charge in [0.25, 0.3) is 0 Å². The fraction of sp³-hybridized carbons (Fsp3) is 0.400. The van der Waals surface area contributed by atoms with Gasteiger partial charge in [-0.3, -0.25) is 9.78 Å². The zero-order chi connectivity index (χ0) is 19.1. The van der Waals surface area contributed by atoms with Crippen molar-refractivity contribution in [3.63, 3.8) is 0 Å². The summed E-state index contributed by atoms with van der Waals surface area (Å²) in [5.41, 5.74) is 1.82. The van der Waals surface area contributed by atoms with Crippen molar-refractivity contribution in [1.82, 2.24) is 9.29 Å². The molecule has 0 spiro atoms. The Balaban J connectivity index is 1.45. The highest BCUT2D eigenvalue weighted by Crippen LogP contribution is 2.22. The number of anilines is 1. The number of pyridine rings is 1. The predicted molar refractivity (Wildman–Crippen MR) is 106 cm³/mol. The lowest BCUT2D eigenvalue weighted by molar-refractivity contribution is -0.120. The highest BCUT2D eigenvalue weighted by Gasteiger charge is 2.30. The van der Waals surface area contributed by atoms with Crippen molar-refractivity contribution in [3.8, 4) is 0 Å². The molecule has 1 N–H and O–H groups in total. The molecule has 0 aliphatic carbocycles. The van der Waals surface area contributed by atoms with E-state index in [2.05, 4.69) is 10.3 Å². The normalized spacial score (nSPS) is 16.1. The molecule has 0 bridgehead atoms. The summed E-state index contributed by atoms with van der Waals surface area (Å²) in [5, 5.41) is 2.85. The van der Waals surface area contributed by atoms with Crippen molar-refractivity contribution in [1.29, 1.82) is 0 Å². The Morgan fingerprint density at radius 3 is 2.52 bits per heavy atom. The van der Waals surface area contributed by atoms with E-state index in [1.165, 1.54) is 4.31 Å². The minimum atomic E-state index is -3.27. The van der Waals surface area contributed by atoms with Gasteiger partial charge in [0.1, 0.15) is 0 Å². The molecular formula is C20H25N3O3S. The molecule has 1 amide bonds. The molecule has 0 atom stereocenters. The third kappa shape index (κ3) is 5.61. The number of hydrogen-bond acceptors (Lipinski definition) is 4. The number of benzene rings is 1. The summed E-state index contributed by atoms with van der Waals surface area (Å²) >= 11 is 0. The van der Waals surface area contributed by atoms with Gasteiger partial charge in [0.2, 0.25) is 15.9 Å². The van der Waals surface area contributed by atoms with Crippen molar-refractivity contribution in [2.45, 2.75) is 25.7 Å². The van der Waals surface area contributed by atoms with Crippen LogP contribution in [0.5, 0.6) is 0 Å². The molecule has 2 heterocycles. The van der Waals surface area contributed by atoms with Gasteiger partial charge in [0, 0.05) is 25.2 Å². The van der Waals surface area contributed by atoms with E-state index in [9.17, 15) is 13.2 Å². The Labute approximate surface area is 160 Å². The van der Waals surface area contributed by atoms with Gasteiger partial charge < -0.3 is 5.32 Å². The zero-order valence-electron chi connectivity index (χ0n) is 15.3. The lowest BCUT2D eigenvalue weighted by Crippen LogP contribution is -2.42. The number of hydrogen-bond donors (Lipinski definition) is 1. The first-order valence-electron chi connectivity index (χ1n) is 9.27. The number of carbonyl (C=O) groups is 1. The number of piperidine rings is 1. The van der Waals surface area contributed by atoms with Crippen LogP contribution >= 0.6 is 0 Å². The Morgan fingerprint density at radius 1 is 1.11 bits per heavy atom. The van der Waals surface area contributed by atoms with Gasteiger partial charge in [-0.25, -0.2) is 12.7 Å². The van der Waals surface area contributed by atoms with E-state index < -0.39 is 10.0 Å². The van der Waals surface area contributed by atoms with Crippen LogP contribution in [-0.2, 0) is 21.2 Å². The van der Waals surface area contributed by atoms with Crippen molar-refractivity contribution in [3.05, 3.63) is 60.4 Å². The second kappa shape index (κ2) is 9.10. The number of aryl methyl sites for hydroxylation is 1.